The number of methoxy groups -OCH3 is 1. The summed E-state index contributed by atoms with van der Waals surface area (Å²) in [6, 6.07) is 11.3. The number of benzene rings is 1. The summed E-state index contributed by atoms with van der Waals surface area (Å²) >= 11 is 0. The van der Waals surface area contributed by atoms with E-state index in [1.165, 1.54) is 31.6 Å². The van der Waals surface area contributed by atoms with Crippen molar-refractivity contribution in [1.82, 2.24) is 13.9 Å². The number of carboxylic acid groups (broad SMARTS) is 1. The number of aromatic carboxylic acids is 1. The van der Waals surface area contributed by atoms with E-state index in [1.807, 2.05) is 0 Å². The second kappa shape index (κ2) is 7.02. The van der Waals surface area contributed by atoms with Crippen molar-refractivity contribution in [2.24, 2.45) is 0 Å². The molecule has 0 unspecified atom stereocenters. The van der Waals surface area contributed by atoms with E-state index in [-0.39, 0.29) is 16.0 Å². The molecule has 0 radical (unpaired) electrons. The number of ether oxygens (including phenoxy) is 1. The molecule has 8 nitrogen and oxygen atoms in total. The van der Waals surface area contributed by atoms with E-state index in [1.54, 1.807) is 36.5 Å². The topological polar surface area (TPSA) is 111 Å². The van der Waals surface area contributed by atoms with E-state index in [2.05, 4.69) is 9.97 Å². The van der Waals surface area contributed by atoms with Crippen molar-refractivity contribution in [3.05, 3.63) is 72.8 Å². The molecule has 0 saturated heterocycles. The zero-order valence-corrected chi connectivity index (χ0v) is 16.0. The molecule has 0 aliphatic heterocycles. The molecule has 9 heteroatoms. The predicted molar refractivity (Wildman–Crippen MR) is 106 cm³/mol. The third kappa shape index (κ3) is 3.21. The number of nitrogens with zero attached hydrogens (tertiary/aromatic N) is 3. The molecular formula is C20H15N3O5S. The van der Waals surface area contributed by atoms with Gasteiger partial charge in [0, 0.05) is 41.8 Å². The van der Waals surface area contributed by atoms with Crippen molar-refractivity contribution in [3.8, 4) is 17.0 Å². The molecule has 3 heterocycles. The van der Waals surface area contributed by atoms with Crippen LogP contribution in [0.2, 0.25) is 0 Å². The Balaban J connectivity index is 1.95. The van der Waals surface area contributed by atoms with E-state index in [9.17, 15) is 18.3 Å². The van der Waals surface area contributed by atoms with Gasteiger partial charge < -0.3 is 9.84 Å². The summed E-state index contributed by atoms with van der Waals surface area (Å²) in [7, 11) is -2.52. The van der Waals surface area contributed by atoms with E-state index in [4.69, 9.17) is 4.74 Å². The fourth-order valence-electron chi connectivity index (χ4n) is 3.03. The van der Waals surface area contributed by atoms with Crippen LogP contribution in [0.3, 0.4) is 0 Å². The maximum Gasteiger partial charge on any atom is 0.337 e. The molecule has 1 aromatic carbocycles. The van der Waals surface area contributed by atoms with Gasteiger partial charge in [-0.15, -0.1) is 0 Å². The first-order chi connectivity index (χ1) is 13.9. The largest absolute Gasteiger partial charge is 0.481 e. The van der Waals surface area contributed by atoms with E-state index in [0.717, 1.165) is 15.7 Å². The molecular weight excluding hydrogens is 394 g/mol. The van der Waals surface area contributed by atoms with Gasteiger partial charge in [0.2, 0.25) is 5.88 Å². The average molecular weight is 409 g/mol. The lowest BCUT2D eigenvalue weighted by molar-refractivity contribution is 0.0699. The molecule has 146 valence electrons. The number of pyridine rings is 2. The van der Waals surface area contributed by atoms with Crippen LogP contribution in [0, 0.1) is 0 Å². The molecule has 0 amide bonds. The van der Waals surface area contributed by atoms with Crippen LogP contribution in [0.15, 0.2) is 72.1 Å². The Morgan fingerprint density at radius 3 is 2.52 bits per heavy atom. The summed E-state index contributed by atoms with van der Waals surface area (Å²) < 4.78 is 32.3. The molecule has 0 aliphatic carbocycles. The molecule has 0 aliphatic rings. The van der Waals surface area contributed by atoms with Crippen LogP contribution in [0.25, 0.3) is 22.0 Å². The third-order valence-electron chi connectivity index (χ3n) is 4.47. The van der Waals surface area contributed by atoms with E-state index >= 15 is 0 Å². The number of carbonyl (C=O) groups is 1. The number of aromatic nitrogens is 3. The van der Waals surface area contributed by atoms with Crippen molar-refractivity contribution in [1.29, 1.82) is 0 Å². The highest BCUT2D eigenvalue weighted by Gasteiger charge is 2.24. The summed E-state index contributed by atoms with van der Waals surface area (Å²) in [6.45, 7) is 0. The number of rotatable bonds is 5. The predicted octanol–water partition coefficient (Wildman–Crippen LogP) is 3.04. The Bertz CT molecular complexity index is 1310. The third-order valence-corrected chi connectivity index (χ3v) is 6.13. The van der Waals surface area contributed by atoms with Gasteiger partial charge in [0.15, 0.2) is 0 Å². The summed E-state index contributed by atoms with van der Waals surface area (Å²) in [6.07, 6.45) is 5.40. The van der Waals surface area contributed by atoms with Gasteiger partial charge >= 0.3 is 5.97 Å². The summed E-state index contributed by atoms with van der Waals surface area (Å²) in [5.41, 5.74) is 1.56. The van der Waals surface area contributed by atoms with Crippen LogP contribution in [-0.4, -0.2) is 40.5 Å². The fraction of sp³-hybridized carbons (Fsp3) is 0.0500. The number of carboxylic acids is 1. The van der Waals surface area contributed by atoms with Gasteiger partial charge in [-0.3, -0.25) is 4.98 Å². The van der Waals surface area contributed by atoms with Gasteiger partial charge in [0.1, 0.15) is 4.90 Å². The molecule has 0 spiro atoms. The highest BCUT2D eigenvalue weighted by molar-refractivity contribution is 7.90. The van der Waals surface area contributed by atoms with Gasteiger partial charge in [-0.05, 0) is 29.8 Å². The molecule has 4 rings (SSSR count). The Labute approximate surface area is 166 Å². The molecule has 4 aromatic rings. The van der Waals surface area contributed by atoms with Crippen molar-refractivity contribution in [3.63, 3.8) is 0 Å². The van der Waals surface area contributed by atoms with Crippen LogP contribution < -0.4 is 4.74 Å². The summed E-state index contributed by atoms with van der Waals surface area (Å²) in [4.78, 5) is 19.6. The molecule has 0 fully saturated rings. The first-order valence-electron chi connectivity index (χ1n) is 8.46. The SMILES string of the molecule is COc1ccc(-c2ccc3c(C(=O)O)cn(S(=O)(=O)c4cccnc4)c3c2)cn1. The zero-order valence-electron chi connectivity index (χ0n) is 15.2. The zero-order chi connectivity index (χ0) is 20.6. The van der Waals surface area contributed by atoms with Crippen LogP contribution in [-0.2, 0) is 10.0 Å². The number of hydrogen-bond donors (Lipinski definition) is 1. The maximum atomic E-state index is 13.1. The highest BCUT2D eigenvalue weighted by atomic mass is 32.2. The number of hydrogen-bond acceptors (Lipinski definition) is 6. The molecule has 0 bridgehead atoms. The minimum absolute atomic E-state index is 0.0367. The number of fused-ring (bicyclic) bond motifs is 1. The van der Waals surface area contributed by atoms with Crippen LogP contribution in [0.5, 0.6) is 5.88 Å². The molecule has 29 heavy (non-hydrogen) atoms. The first-order valence-corrected chi connectivity index (χ1v) is 9.90. The van der Waals surface area contributed by atoms with Crippen LogP contribution >= 0.6 is 0 Å². The Hall–Kier alpha value is -3.72. The van der Waals surface area contributed by atoms with Gasteiger partial charge in [-0.1, -0.05) is 12.1 Å². The van der Waals surface area contributed by atoms with Crippen LogP contribution in [0.4, 0.5) is 0 Å². The molecule has 0 atom stereocenters. The lowest BCUT2D eigenvalue weighted by Crippen LogP contribution is -2.12. The monoisotopic (exact) mass is 409 g/mol. The average Bonchev–Trinajstić information content (AvgIpc) is 3.14. The maximum absolute atomic E-state index is 13.1. The van der Waals surface area contributed by atoms with Gasteiger partial charge in [-0.2, -0.15) is 0 Å². The first kappa shape index (κ1) is 18.6. The van der Waals surface area contributed by atoms with Gasteiger partial charge in [0.05, 0.1) is 18.2 Å². The van der Waals surface area contributed by atoms with Crippen molar-refractivity contribution < 1.29 is 23.1 Å². The van der Waals surface area contributed by atoms with Crippen molar-refractivity contribution >= 4 is 26.9 Å². The highest BCUT2D eigenvalue weighted by Crippen LogP contribution is 2.30. The quantitative estimate of drug-likeness (QED) is 0.539. The van der Waals surface area contributed by atoms with E-state index < -0.39 is 16.0 Å². The minimum Gasteiger partial charge on any atom is -0.481 e. The summed E-state index contributed by atoms with van der Waals surface area (Å²) in [5.74, 6) is -0.764. The second-order valence-corrected chi connectivity index (χ2v) is 7.97. The van der Waals surface area contributed by atoms with E-state index in [0.29, 0.717) is 16.8 Å². The van der Waals surface area contributed by atoms with Gasteiger partial charge in [0.25, 0.3) is 10.0 Å². The molecule has 0 saturated carbocycles. The Kier molecular flexibility index (Phi) is 4.51. The standard InChI is InChI=1S/C20H15N3O5S/c1-28-19-7-5-14(10-22-19)13-4-6-16-17(20(24)25)12-23(18(16)9-13)29(26,27)15-3-2-8-21-11-15/h2-12H,1H3,(H,24,25). The lowest BCUT2D eigenvalue weighted by atomic mass is 10.0. The lowest BCUT2D eigenvalue weighted by Gasteiger charge is -2.08. The van der Waals surface area contributed by atoms with Crippen molar-refractivity contribution in [2.75, 3.05) is 7.11 Å². The molecule has 1 N–H and O–H groups in total. The van der Waals surface area contributed by atoms with Crippen molar-refractivity contribution in [2.45, 2.75) is 4.90 Å². The smallest absolute Gasteiger partial charge is 0.337 e. The fourth-order valence-corrected chi connectivity index (χ4v) is 4.36. The Morgan fingerprint density at radius 1 is 1.10 bits per heavy atom. The minimum atomic E-state index is -4.03. The molecule has 3 aromatic heterocycles. The normalized spacial score (nSPS) is 11.5. The van der Waals surface area contributed by atoms with Crippen LogP contribution in [0.1, 0.15) is 10.4 Å². The summed E-state index contributed by atoms with van der Waals surface area (Å²) in [5, 5.41) is 9.85. The second-order valence-electron chi connectivity index (χ2n) is 6.16. The van der Waals surface area contributed by atoms with Gasteiger partial charge in [-0.25, -0.2) is 22.2 Å². The Morgan fingerprint density at radius 2 is 1.90 bits per heavy atom.